The Bertz CT molecular complexity index is 471. The van der Waals surface area contributed by atoms with E-state index in [1.54, 1.807) is 0 Å². The van der Waals surface area contributed by atoms with Crippen LogP contribution >= 0.6 is 0 Å². The Morgan fingerprint density at radius 3 is 2.57 bits per heavy atom. The van der Waals surface area contributed by atoms with Gasteiger partial charge in [-0.25, -0.2) is 9.78 Å². The highest BCUT2D eigenvalue weighted by atomic mass is 16.5. The first kappa shape index (κ1) is 17.1. The highest BCUT2D eigenvalue weighted by molar-refractivity contribution is 5.94. The second-order valence-electron chi connectivity index (χ2n) is 5.02. The molecule has 0 aromatic carbocycles. The predicted octanol–water partition coefficient (Wildman–Crippen LogP) is 1.96. The minimum atomic E-state index is -1.11. The number of nitrogens with one attached hydrogen (secondary N) is 1. The van der Waals surface area contributed by atoms with Gasteiger partial charge in [-0.3, -0.25) is 4.79 Å². The molecule has 0 saturated carbocycles. The lowest BCUT2D eigenvalue weighted by molar-refractivity contribution is 0.0251. The lowest BCUT2D eigenvalue weighted by Gasteiger charge is -2.20. The number of pyridine rings is 1. The van der Waals surface area contributed by atoms with E-state index in [2.05, 4.69) is 24.1 Å². The molecular weight excluding hydrogens is 272 g/mol. The second kappa shape index (κ2) is 8.36. The average Bonchev–Trinajstić information content (AvgIpc) is 2.46. The molecule has 2 N–H and O–H groups in total. The molecule has 0 radical (unpaired) electrons. The van der Waals surface area contributed by atoms with Crippen molar-refractivity contribution in [1.29, 1.82) is 0 Å². The molecule has 116 valence electrons. The number of aromatic carboxylic acids is 1. The van der Waals surface area contributed by atoms with Crippen molar-refractivity contribution in [2.24, 2.45) is 5.92 Å². The standard InChI is InChI=1S/C15H22N2O4/c1-4-21-13(10(2)3)7-8-16-14(18)11-5-6-12(15(19)20)17-9-11/h5-6,9-10,13H,4,7-8H2,1-3H3,(H,16,18)(H,19,20). The Morgan fingerprint density at radius 2 is 2.10 bits per heavy atom. The number of rotatable bonds is 8. The number of nitrogens with zero attached hydrogens (tertiary/aromatic N) is 1. The number of carboxylic acids is 1. The molecule has 1 rings (SSSR count). The molecule has 21 heavy (non-hydrogen) atoms. The molecule has 1 amide bonds. The van der Waals surface area contributed by atoms with Crippen molar-refractivity contribution in [3.63, 3.8) is 0 Å². The summed E-state index contributed by atoms with van der Waals surface area (Å²) in [5.74, 6) is -0.991. The number of carboxylic acid groups (broad SMARTS) is 1. The van der Waals surface area contributed by atoms with Gasteiger partial charge in [0.2, 0.25) is 0 Å². The van der Waals surface area contributed by atoms with Gasteiger partial charge in [0.05, 0.1) is 11.7 Å². The van der Waals surface area contributed by atoms with Crippen LogP contribution in [0.25, 0.3) is 0 Å². The molecule has 6 nitrogen and oxygen atoms in total. The number of aromatic nitrogens is 1. The lowest BCUT2D eigenvalue weighted by Crippen LogP contribution is -2.30. The van der Waals surface area contributed by atoms with Gasteiger partial charge in [-0.2, -0.15) is 0 Å². The molecule has 0 aliphatic heterocycles. The molecular formula is C15H22N2O4. The highest BCUT2D eigenvalue weighted by Crippen LogP contribution is 2.10. The lowest BCUT2D eigenvalue weighted by atomic mass is 10.0. The number of ether oxygens (including phenoxy) is 1. The van der Waals surface area contributed by atoms with Crippen LogP contribution in [0.1, 0.15) is 48.0 Å². The second-order valence-corrected chi connectivity index (χ2v) is 5.02. The maximum Gasteiger partial charge on any atom is 0.354 e. The summed E-state index contributed by atoms with van der Waals surface area (Å²) < 4.78 is 5.60. The summed E-state index contributed by atoms with van der Waals surface area (Å²) in [7, 11) is 0. The van der Waals surface area contributed by atoms with Crippen molar-refractivity contribution < 1.29 is 19.4 Å². The van der Waals surface area contributed by atoms with Crippen LogP contribution in [-0.2, 0) is 4.74 Å². The van der Waals surface area contributed by atoms with Gasteiger partial charge in [-0.15, -0.1) is 0 Å². The van der Waals surface area contributed by atoms with E-state index in [1.165, 1.54) is 18.3 Å². The number of carbonyl (C=O) groups excluding carboxylic acids is 1. The van der Waals surface area contributed by atoms with Crippen LogP contribution in [0.4, 0.5) is 0 Å². The van der Waals surface area contributed by atoms with E-state index in [-0.39, 0.29) is 17.7 Å². The molecule has 6 heteroatoms. The summed E-state index contributed by atoms with van der Waals surface area (Å²) in [5.41, 5.74) is 0.264. The van der Waals surface area contributed by atoms with Gasteiger partial charge in [0.1, 0.15) is 5.69 Å². The fourth-order valence-electron chi connectivity index (χ4n) is 1.91. The van der Waals surface area contributed by atoms with Gasteiger partial charge in [0, 0.05) is 19.3 Å². The van der Waals surface area contributed by atoms with Crippen LogP contribution in [0.2, 0.25) is 0 Å². The van der Waals surface area contributed by atoms with Crippen LogP contribution < -0.4 is 5.32 Å². The smallest absolute Gasteiger partial charge is 0.354 e. The molecule has 0 aliphatic rings. The summed E-state index contributed by atoms with van der Waals surface area (Å²) in [6, 6.07) is 2.77. The average molecular weight is 294 g/mol. The number of amides is 1. The first-order chi connectivity index (χ1) is 9.95. The van der Waals surface area contributed by atoms with E-state index in [1.807, 2.05) is 6.92 Å². The Morgan fingerprint density at radius 1 is 1.38 bits per heavy atom. The van der Waals surface area contributed by atoms with E-state index in [9.17, 15) is 9.59 Å². The van der Waals surface area contributed by atoms with Crippen molar-refractivity contribution in [2.75, 3.05) is 13.2 Å². The largest absolute Gasteiger partial charge is 0.477 e. The van der Waals surface area contributed by atoms with E-state index in [0.29, 0.717) is 24.6 Å². The summed E-state index contributed by atoms with van der Waals surface area (Å²) in [6.07, 6.45) is 2.11. The summed E-state index contributed by atoms with van der Waals surface area (Å²) in [4.78, 5) is 26.3. The van der Waals surface area contributed by atoms with Crippen LogP contribution in [0.3, 0.4) is 0 Å². The Balaban J connectivity index is 2.48. The third-order valence-corrected chi connectivity index (χ3v) is 3.08. The van der Waals surface area contributed by atoms with Crippen LogP contribution in [0, 0.1) is 5.92 Å². The topological polar surface area (TPSA) is 88.5 Å². The molecule has 0 saturated heterocycles. The fraction of sp³-hybridized carbons (Fsp3) is 0.533. The summed E-state index contributed by atoms with van der Waals surface area (Å²) >= 11 is 0. The SMILES string of the molecule is CCOC(CCNC(=O)c1ccc(C(=O)O)nc1)C(C)C. The van der Waals surface area contributed by atoms with Crippen LogP contribution in [0.5, 0.6) is 0 Å². The monoisotopic (exact) mass is 294 g/mol. The van der Waals surface area contributed by atoms with Crippen LogP contribution in [0.15, 0.2) is 18.3 Å². The first-order valence-electron chi connectivity index (χ1n) is 7.04. The fourth-order valence-corrected chi connectivity index (χ4v) is 1.91. The molecule has 0 aliphatic carbocycles. The van der Waals surface area contributed by atoms with Gasteiger partial charge < -0.3 is 15.2 Å². The molecule has 1 aromatic heterocycles. The minimum absolute atomic E-state index is 0.0808. The van der Waals surface area contributed by atoms with Crippen molar-refractivity contribution in [2.45, 2.75) is 33.3 Å². The zero-order chi connectivity index (χ0) is 15.8. The quantitative estimate of drug-likeness (QED) is 0.765. The normalized spacial score (nSPS) is 12.2. The van der Waals surface area contributed by atoms with E-state index in [4.69, 9.17) is 9.84 Å². The van der Waals surface area contributed by atoms with Gasteiger partial charge in [0.25, 0.3) is 5.91 Å². The van der Waals surface area contributed by atoms with Crippen molar-refractivity contribution in [1.82, 2.24) is 10.3 Å². The van der Waals surface area contributed by atoms with Crippen molar-refractivity contribution >= 4 is 11.9 Å². The maximum atomic E-state index is 11.9. The molecule has 0 bridgehead atoms. The summed E-state index contributed by atoms with van der Waals surface area (Å²) in [5, 5.41) is 11.5. The third kappa shape index (κ3) is 5.51. The zero-order valence-electron chi connectivity index (χ0n) is 12.6. The van der Waals surface area contributed by atoms with Gasteiger partial charge in [-0.1, -0.05) is 13.8 Å². The van der Waals surface area contributed by atoms with Crippen molar-refractivity contribution in [3.05, 3.63) is 29.6 Å². The maximum absolute atomic E-state index is 11.9. The molecule has 1 heterocycles. The van der Waals surface area contributed by atoms with Gasteiger partial charge in [-0.05, 0) is 31.4 Å². The molecule has 1 unspecified atom stereocenters. The van der Waals surface area contributed by atoms with E-state index >= 15 is 0 Å². The number of hydrogen-bond donors (Lipinski definition) is 2. The third-order valence-electron chi connectivity index (χ3n) is 3.08. The Labute approximate surface area is 124 Å². The number of hydrogen-bond acceptors (Lipinski definition) is 4. The predicted molar refractivity (Wildman–Crippen MR) is 78.4 cm³/mol. The highest BCUT2D eigenvalue weighted by Gasteiger charge is 2.14. The van der Waals surface area contributed by atoms with Gasteiger partial charge in [0.15, 0.2) is 0 Å². The number of carbonyl (C=O) groups is 2. The van der Waals surface area contributed by atoms with Crippen LogP contribution in [-0.4, -0.2) is 41.2 Å². The molecule has 0 fully saturated rings. The van der Waals surface area contributed by atoms with Crippen molar-refractivity contribution in [3.8, 4) is 0 Å². The first-order valence-corrected chi connectivity index (χ1v) is 7.04. The molecule has 1 aromatic rings. The molecule has 1 atom stereocenters. The zero-order valence-corrected chi connectivity index (χ0v) is 12.6. The van der Waals surface area contributed by atoms with E-state index < -0.39 is 5.97 Å². The summed E-state index contributed by atoms with van der Waals surface area (Å²) in [6.45, 7) is 7.26. The Kier molecular flexibility index (Phi) is 6.81. The Hall–Kier alpha value is -1.95. The minimum Gasteiger partial charge on any atom is -0.477 e. The van der Waals surface area contributed by atoms with E-state index in [0.717, 1.165) is 6.42 Å². The molecule has 0 spiro atoms. The van der Waals surface area contributed by atoms with Gasteiger partial charge >= 0.3 is 5.97 Å².